The van der Waals surface area contributed by atoms with Crippen molar-refractivity contribution < 1.29 is 9.53 Å². The van der Waals surface area contributed by atoms with E-state index in [0.717, 1.165) is 5.56 Å². The van der Waals surface area contributed by atoms with E-state index < -0.39 is 5.97 Å². The minimum atomic E-state index is -0.415. The number of methoxy groups -OCH3 is 1. The second-order valence-corrected chi connectivity index (χ2v) is 4.53. The average molecular weight is 288 g/mol. The van der Waals surface area contributed by atoms with Crippen molar-refractivity contribution in [1.29, 1.82) is 0 Å². The summed E-state index contributed by atoms with van der Waals surface area (Å²) in [5, 5.41) is 4.91. The zero-order valence-electron chi connectivity index (χ0n) is 10.6. The molecule has 0 spiro atoms. The Bertz CT molecular complexity index is 798. The molecule has 0 aliphatic rings. The Morgan fingerprint density at radius 1 is 1.25 bits per heavy atom. The van der Waals surface area contributed by atoms with E-state index in [1.165, 1.54) is 11.6 Å². The number of hydrogen-bond donors (Lipinski definition) is 0. The molecule has 3 rings (SSSR count). The van der Waals surface area contributed by atoms with E-state index in [1.54, 1.807) is 24.4 Å². The lowest BCUT2D eigenvalue weighted by molar-refractivity contribution is 0.0600. The molecule has 0 unspecified atom stereocenters. The number of hydrogen-bond acceptors (Lipinski definition) is 4. The van der Waals surface area contributed by atoms with E-state index in [4.69, 9.17) is 11.6 Å². The largest absolute Gasteiger partial charge is 0.465 e. The fraction of sp³-hybridized carbons (Fsp3) is 0.0714. The van der Waals surface area contributed by atoms with Gasteiger partial charge in [-0.25, -0.2) is 14.3 Å². The molecular formula is C14H10ClN3O2. The zero-order valence-corrected chi connectivity index (χ0v) is 11.3. The van der Waals surface area contributed by atoms with Crippen LogP contribution in [0.2, 0.25) is 5.02 Å². The van der Waals surface area contributed by atoms with E-state index >= 15 is 0 Å². The molecule has 20 heavy (non-hydrogen) atoms. The van der Waals surface area contributed by atoms with Gasteiger partial charge in [0.05, 0.1) is 17.7 Å². The maximum Gasteiger partial charge on any atom is 0.339 e. The van der Waals surface area contributed by atoms with E-state index in [0.29, 0.717) is 22.1 Å². The third-order valence-corrected chi connectivity index (χ3v) is 3.20. The Morgan fingerprint density at radius 2 is 2.05 bits per heavy atom. The first-order valence-corrected chi connectivity index (χ1v) is 6.26. The van der Waals surface area contributed by atoms with Crippen molar-refractivity contribution >= 4 is 23.2 Å². The Morgan fingerprint density at radius 3 is 2.80 bits per heavy atom. The molecule has 2 aromatic heterocycles. The molecule has 0 amide bonds. The molecule has 0 fully saturated rings. The summed E-state index contributed by atoms with van der Waals surface area (Å²) < 4.78 is 6.21. The number of rotatable bonds is 2. The summed E-state index contributed by atoms with van der Waals surface area (Å²) in [6, 6.07) is 10.7. The monoisotopic (exact) mass is 287 g/mol. The second kappa shape index (κ2) is 4.94. The van der Waals surface area contributed by atoms with Crippen LogP contribution in [0.4, 0.5) is 0 Å². The predicted molar refractivity (Wildman–Crippen MR) is 74.8 cm³/mol. The van der Waals surface area contributed by atoms with Crippen LogP contribution in [0.15, 0.2) is 42.6 Å². The van der Waals surface area contributed by atoms with Crippen molar-refractivity contribution in [1.82, 2.24) is 14.6 Å². The summed E-state index contributed by atoms with van der Waals surface area (Å²) in [6.07, 6.45) is 1.58. The second-order valence-electron chi connectivity index (χ2n) is 4.13. The number of pyridine rings is 1. The highest BCUT2D eigenvalue weighted by atomic mass is 35.5. The van der Waals surface area contributed by atoms with Crippen LogP contribution in [0.25, 0.3) is 17.0 Å². The lowest BCUT2D eigenvalue weighted by atomic mass is 10.2. The van der Waals surface area contributed by atoms with Crippen LogP contribution >= 0.6 is 11.6 Å². The van der Waals surface area contributed by atoms with Crippen molar-refractivity contribution in [2.45, 2.75) is 0 Å². The van der Waals surface area contributed by atoms with Gasteiger partial charge < -0.3 is 4.74 Å². The van der Waals surface area contributed by atoms with Gasteiger partial charge in [0.25, 0.3) is 0 Å². The number of benzene rings is 1. The van der Waals surface area contributed by atoms with Crippen LogP contribution in [-0.4, -0.2) is 27.7 Å². The Labute approximate surface area is 119 Å². The summed E-state index contributed by atoms with van der Waals surface area (Å²) in [5.74, 6) is 0.0966. The van der Waals surface area contributed by atoms with Gasteiger partial charge in [-0.2, -0.15) is 0 Å². The Hall–Kier alpha value is -2.40. The molecular weight excluding hydrogens is 278 g/mol. The standard InChI is InChI=1S/C14H10ClN3O2/c1-20-14(19)9-6-7-12-16-13(17-18(12)8-9)10-4-2-3-5-11(10)15/h2-8H,1H3. The molecule has 0 atom stereocenters. The molecule has 0 aliphatic heterocycles. The Kier molecular flexibility index (Phi) is 3.12. The minimum absolute atomic E-state index is 0.413. The highest BCUT2D eigenvalue weighted by Crippen LogP contribution is 2.25. The highest BCUT2D eigenvalue weighted by molar-refractivity contribution is 6.33. The highest BCUT2D eigenvalue weighted by Gasteiger charge is 2.12. The fourth-order valence-electron chi connectivity index (χ4n) is 1.88. The average Bonchev–Trinajstić information content (AvgIpc) is 2.89. The van der Waals surface area contributed by atoms with Crippen molar-refractivity contribution in [2.24, 2.45) is 0 Å². The minimum Gasteiger partial charge on any atom is -0.465 e. The van der Waals surface area contributed by atoms with Gasteiger partial charge in [0.1, 0.15) is 0 Å². The molecule has 0 saturated heterocycles. The van der Waals surface area contributed by atoms with Gasteiger partial charge in [-0.15, -0.1) is 5.10 Å². The number of ether oxygens (including phenoxy) is 1. The molecule has 100 valence electrons. The van der Waals surface area contributed by atoms with Crippen molar-refractivity contribution in [3.63, 3.8) is 0 Å². The van der Waals surface area contributed by atoms with Gasteiger partial charge in [0.2, 0.25) is 0 Å². The first-order valence-electron chi connectivity index (χ1n) is 5.88. The zero-order chi connectivity index (χ0) is 14.1. The number of carbonyl (C=O) groups is 1. The lowest BCUT2D eigenvalue weighted by Gasteiger charge is -1.98. The van der Waals surface area contributed by atoms with Gasteiger partial charge in [0, 0.05) is 11.8 Å². The summed E-state index contributed by atoms with van der Waals surface area (Å²) >= 11 is 6.13. The summed E-state index contributed by atoms with van der Waals surface area (Å²) in [5.41, 5.74) is 1.79. The van der Waals surface area contributed by atoms with Crippen molar-refractivity contribution in [2.75, 3.05) is 7.11 Å². The first kappa shape index (κ1) is 12.6. The number of nitrogens with zero attached hydrogens (tertiary/aromatic N) is 3. The normalized spacial score (nSPS) is 10.7. The molecule has 0 bridgehead atoms. The SMILES string of the molecule is COC(=O)c1ccc2nc(-c3ccccc3Cl)nn2c1. The van der Waals surface area contributed by atoms with Crippen LogP contribution < -0.4 is 0 Å². The molecule has 0 radical (unpaired) electrons. The maximum absolute atomic E-state index is 11.5. The number of fused-ring (bicyclic) bond motifs is 1. The molecule has 1 aromatic carbocycles. The number of carbonyl (C=O) groups excluding carboxylic acids is 1. The first-order chi connectivity index (χ1) is 9.69. The van der Waals surface area contributed by atoms with Crippen LogP contribution in [-0.2, 0) is 4.74 Å². The number of esters is 1. The van der Waals surface area contributed by atoms with Gasteiger partial charge >= 0.3 is 5.97 Å². The van der Waals surface area contributed by atoms with Crippen LogP contribution in [0.1, 0.15) is 10.4 Å². The number of halogens is 1. The maximum atomic E-state index is 11.5. The van der Waals surface area contributed by atoms with Crippen LogP contribution in [0, 0.1) is 0 Å². The summed E-state index contributed by atoms with van der Waals surface area (Å²) in [7, 11) is 1.34. The smallest absolute Gasteiger partial charge is 0.339 e. The predicted octanol–water partition coefficient (Wildman–Crippen LogP) is 2.84. The fourth-order valence-corrected chi connectivity index (χ4v) is 2.10. The van der Waals surface area contributed by atoms with Gasteiger partial charge in [-0.1, -0.05) is 23.7 Å². The van der Waals surface area contributed by atoms with E-state index in [9.17, 15) is 4.79 Å². The molecule has 0 N–H and O–H groups in total. The summed E-state index contributed by atoms with van der Waals surface area (Å²) in [6.45, 7) is 0. The number of aromatic nitrogens is 3. The molecule has 0 aliphatic carbocycles. The van der Waals surface area contributed by atoms with Crippen molar-refractivity contribution in [3.05, 3.63) is 53.2 Å². The molecule has 3 aromatic rings. The quantitative estimate of drug-likeness (QED) is 0.680. The van der Waals surface area contributed by atoms with E-state index in [1.807, 2.05) is 18.2 Å². The lowest BCUT2D eigenvalue weighted by Crippen LogP contribution is -2.03. The van der Waals surface area contributed by atoms with Crippen molar-refractivity contribution in [3.8, 4) is 11.4 Å². The third kappa shape index (κ3) is 2.12. The van der Waals surface area contributed by atoms with Crippen LogP contribution in [0.3, 0.4) is 0 Å². The molecule has 2 heterocycles. The van der Waals surface area contributed by atoms with E-state index in [2.05, 4.69) is 14.8 Å². The third-order valence-electron chi connectivity index (χ3n) is 2.87. The van der Waals surface area contributed by atoms with Crippen LogP contribution in [0.5, 0.6) is 0 Å². The topological polar surface area (TPSA) is 56.5 Å². The molecule has 6 heteroatoms. The van der Waals surface area contributed by atoms with E-state index in [-0.39, 0.29) is 0 Å². The molecule has 5 nitrogen and oxygen atoms in total. The molecule has 0 saturated carbocycles. The van der Waals surface area contributed by atoms with Gasteiger partial charge in [0.15, 0.2) is 11.5 Å². The summed E-state index contributed by atoms with van der Waals surface area (Å²) in [4.78, 5) is 15.9. The Balaban J connectivity index is 2.12. The van der Waals surface area contributed by atoms with Gasteiger partial charge in [-0.05, 0) is 24.3 Å². The van der Waals surface area contributed by atoms with Gasteiger partial charge in [-0.3, -0.25) is 0 Å².